The molecule has 0 saturated carbocycles. The number of carbonyl (C=O) groups excluding carboxylic acids is 1. The van der Waals surface area contributed by atoms with Gasteiger partial charge in [-0.2, -0.15) is 8.78 Å². The molecule has 114 valence electrons. The Bertz CT molecular complexity index is 615. The SMILES string of the molecule is CCCCNC(=O)CSc1nc2ccccc2n1C(F)F. The van der Waals surface area contributed by atoms with Crippen LogP contribution in [-0.4, -0.2) is 27.8 Å². The molecule has 7 heteroatoms. The van der Waals surface area contributed by atoms with Crippen molar-refractivity contribution < 1.29 is 13.6 Å². The first-order valence-electron chi connectivity index (χ1n) is 6.78. The van der Waals surface area contributed by atoms with E-state index in [1.54, 1.807) is 24.3 Å². The summed E-state index contributed by atoms with van der Waals surface area (Å²) in [5, 5.41) is 2.92. The Labute approximate surface area is 125 Å². The number of thioether (sulfide) groups is 1. The maximum Gasteiger partial charge on any atom is 0.321 e. The molecule has 1 aromatic heterocycles. The first-order valence-corrected chi connectivity index (χ1v) is 7.76. The van der Waals surface area contributed by atoms with E-state index in [1.165, 1.54) is 0 Å². The molecule has 0 bridgehead atoms. The van der Waals surface area contributed by atoms with Crippen LogP contribution in [0.1, 0.15) is 26.3 Å². The molecular formula is C14H17F2N3OS. The number of nitrogens with zero attached hydrogens (tertiary/aromatic N) is 2. The van der Waals surface area contributed by atoms with E-state index in [-0.39, 0.29) is 16.8 Å². The standard InChI is InChI=1S/C14H17F2N3OS/c1-2-3-8-17-12(20)9-21-14-18-10-6-4-5-7-11(10)19(14)13(15)16/h4-7,13H,2-3,8-9H2,1H3,(H,17,20). The molecular weight excluding hydrogens is 296 g/mol. The Morgan fingerprint density at radius 2 is 2.19 bits per heavy atom. The van der Waals surface area contributed by atoms with Gasteiger partial charge in [0.15, 0.2) is 5.16 Å². The molecule has 1 amide bonds. The highest BCUT2D eigenvalue weighted by molar-refractivity contribution is 7.99. The number of nitrogens with one attached hydrogen (secondary N) is 1. The fraction of sp³-hybridized carbons (Fsp3) is 0.429. The van der Waals surface area contributed by atoms with Gasteiger partial charge in [0.25, 0.3) is 0 Å². The Kier molecular flexibility index (Phi) is 5.55. The maximum absolute atomic E-state index is 13.2. The molecule has 1 N–H and O–H groups in total. The number of hydrogen-bond acceptors (Lipinski definition) is 3. The van der Waals surface area contributed by atoms with Crippen LogP contribution in [0.5, 0.6) is 0 Å². The van der Waals surface area contributed by atoms with Crippen LogP contribution < -0.4 is 5.32 Å². The minimum Gasteiger partial charge on any atom is -0.355 e. The average molecular weight is 313 g/mol. The lowest BCUT2D eigenvalue weighted by atomic mass is 10.3. The van der Waals surface area contributed by atoms with E-state index in [9.17, 15) is 13.6 Å². The molecule has 1 aromatic carbocycles. The summed E-state index contributed by atoms with van der Waals surface area (Å²) < 4.78 is 27.2. The van der Waals surface area contributed by atoms with E-state index in [4.69, 9.17) is 0 Å². The van der Waals surface area contributed by atoms with Crippen LogP contribution in [0.15, 0.2) is 29.4 Å². The first kappa shape index (κ1) is 15.8. The van der Waals surface area contributed by atoms with Gasteiger partial charge in [0.05, 0.1) is 16.8 Å². The quantitative estimate of drug-likeness (QED) is 0.629. The minimum atomic E-state index is -2.68. The lowest BCUT2D eigenvalue weighted by molar-refractivity contribution is -0.118. The maximum atomic E-state index is 13.2. The van der Waals surface area contributed by atoms with E-state index in [2.05, 4.69) is 10.3 Å². The van der Waals surface area contributed by atoms with E-state index >= 15 is 0 Å². The summed E-state index contributed by atoms with van der Waals surface area (Å²) in [6.45, 7) is -0.0318. The molecule has 21 heavy (non-hydrogen) atoms. The number of imidazole rings is 1. The minimum absolute atomic E-state index is 0.0831. The number of rotatable bonds is 7. The Morgan fingerprint density at radius 1 is 1.43 bits per heavy atom. The zero-order valence-corrected chi connectivity index (χ0v) is 12.5. The number of benzene rings is 1. The summed E-state index contributed by atoms with van der Waals surface area (Å²) in [5.74, 6) is -0.0824. The molecule has 0 unspecified atom stereocenters. The Morgan fingerprint density at radius 3 is 2.90 bits per heavy atom. The Hall–Kier alpha value is -1.63. The summed E-state index contributed by atoms with van der Waals surface area (Å²) in [5.41, 5.74) is 0.882. The molecule has 0 aliphatic heterocycles. The van der Waals surface area contributed by atoms with Gasteiger partial charge < -0.3 is 5.32 Å². The van der Waals surface area contributed by atoms with Crippen molar-refractivity contribution in [2.45, 2.75) is 31.5 Å². The Balaban J connectivity index is 2.07. The predicted octanol–water partition coefficient (Wildman–Crippen LogP) is 3.44. The van der Waals surface area contributed by atoms with Gasteiger partial charge in [-0.05, 0) is 18.6 Å². The van der Waals surface area contributed by atoms with Gasteiger partial charge in [0.2, 0.25) is 5.91 Å². The molecule has 0 saturated heterocycles. The summed E-state index contributed by atoms with van der Waals surface area (Å²) in [7, 11) is 0. The van der Waals surface area contributed by atoms with Gasteiger partial charge in [0.1, 0.15) is 0 Å². The van der Waals surface area contributed by atoms with Crippen molar-refractivity contribution >= 4 is 28.7 Å². The second-order valence-electron chi connectivity index (χ2n) is 4.52. The van der Waals surface area contributed by atoms with Gasteiger partial charge in [-0.15, -0.1) is 0 Å². The number of unbranched alkanes of at least 4 members (excludes halogenated alkanes) is 1. The normalized spacial score (nSPS) is 11.2. The second-order valence-corrected chi connectivity index (χ2v) is 5.47. The molecule has 4 nitrogen and oxygen atoms in total. The number of para-hydroxylation sites is 2. The molecule has 1 heterocycles. The fourth-order valence-electron chi connectivity index (χ4n) is 1.90. The molecule has 0 radical (unpaired) electrons. The third kappa shape index (κ3) is 3.93. The fourth-order valence-corrected chi connectivity index (χ4v) is 2.74. The number of carbonyl (C=O) groups is 1. The zero-order chi connectivity index (χ0) is 15.2. The molecule has 0 aliphatic rings. The molecule has 2 rings (SSSR count). The third-order valence-electron chi connectivity index (χ3n) is 2.94. The van der Waals surface area contributed by atoms with Crippen molar-refractivity contribution in [1.29, 1.82) is 0 Å². The van der Waals surface area contributed by atoms with E-state index in [1.807, 2.05) is 6.92 Å². The highest BCUT2D eigenvalue weighted by atomic mass is 32.2. The molecule has 0 fully saturated rings. The average Bonchev–Trinajstić information content (AvgIpc) is 2.83. The predicted molar refractivity (Wildman–Crippen MR) is 79.6 cm³/mol. The first-order chi connectivity index (χ1) is 10.1. The lowest BCUT2D eigenvalue weighted by Crippen LogP contribution is -2.26. The van der Waals surface area contributed by atoms with Crippen LogP contribution >= 0.6 is 11.8 Å². The van der Waals surface area contributed by atoms with Crippen LogP contribution in [0.4, 0.5) is 8.78 Å². The van der Waals surface area contributed by atoms with Crippen molar-refractivity contribution in [3.63, 3.8) is 0 Å². The van der Waals surface area contributed by atoms with Crippen LogP contribution in [0.2, 0.25) is 0 Å². The summed E-state index contributed by atoms with van der Waals surface area (Å²) >= 11 is 1.03. The highest BCUT2D eigenvalue weighted by Crippen LogP contribution is 2.28. The van der Waals surface area contributed by atoms with Crippen LogP contribution in [0.25, 0.3) is 11.0 Å². The number of amides is 1. The lowest BCUT2D eigenvalue weighted by Gasteiger charge is -2.07. The molecule has 2 aromatic rings. The summed E-state index contributed by atoms with van der Waals surface area (Å²) in [6, 6.07) is 6.71. The van der Waals surface area contributed by atoms with Gasteiger partial charge in [-0.3, -0.25) is 9.36 Å². The number of alkyl halides is 2. The second kappa shape index (κ2) is 7.40. The van der Waals surface area contributed by atoms with Gasteiger partial charge in [-0.25, -0.2) is 4.98 Å². The smallest absolute Gasteiger partial charge is 0.321 e. The monoisotopic (exact) mass is 313 g/mol. The highest BCUT2D eigenvalue weighted by Gasteiger charge is 2.18. The molecule has 0 atom stereocenters. The number of aromatic nitrogens is 2. The van der Waals surface area contributed by atoms with E-state index in [0.29, 0.717) is 17.6 Å². The topological polar surface area (TPSA) is 46.9 Å². The van der Waals surface area contributed by atoms with Crippen molar-refractivity contribution in [1.82, 2.24) is 14.9 Å². The van der Waals surface area contributed by atoms with Crippen molar-refractivity contribution in [3.05, 3.63) is 24.3 Å². The zero-order valence-electron chi connectivity index (χ0n) is 11.7. The number of halogens is 2. The molecule has 0 spiro atoms. The van der Waals surface area contributed by atoms with Crippen molar-refractivity contribution in [2.75, 3.05) is 12.3 Å². The van der Waals surface area contributed by atoms with Crippen LogP contribution in [0.3, 0.4) is 0 Å². The van der Waals surface area contributed by atoms with Crippen LogP contribution in [-0.2, 0) is 4.79 Å². The van der Waals surface area contributed by atoms with Gasteiger partial charge in [-0.1, -0.05) is 37.2 Å². The third-order valence-corrected chi connectivity index (χ3v) is 3.90. The molecule has 0 aliphatic carbocycles. The number of fused-ring (bicyclic) bond motifs is 1. The van der Waals surface area contributed by atoms with Gasteiger partial charge >= 0.3 is 6.55 Å². The number of hydrogen-bond donors (Lipinski definition) is 1. The van der Waals surface area contributed by atoms with Crippen LogP contribution in [0, 0.1) is 0 Å². The largest absolute Gasteiger partial charge is 0.355 e. The van der Waals surface area contributed by atoms with Crippen molar-refractivity contribution in [2.24, 2.45) is 0 Å². The van der Waals surface area contributed by atoms with Gasteiger partial charge in [0, 0.05) is 6.54 Å². The summed E-state index contributed by atoms with van der Waals surface area (Å²) in [6.07, 6.45) is 1.90. The van der Waals surface area contributed by atoms with E-state index < -0.39 is 6.55 Å². The summed E-state index contributed by atoms with van der Waals surface area (Å²) in [4.78, 5) is 15.8. The van der Waals surface area contributed by atoms with E-state index in [0.717, 1.165) is 29.2 Å². The van der Waals surface area contributed by atoms with Crippen molar-refractivity contribution in [3.8, 4) is 0 Å².